The zero-order chi connectivity index (χ0) is 15.7. The van der Waals surface area contributed by atoms with Crippen molar-refractivity contribution in [1.29, 1.82) is 5.26 Å². The van der Waals surface area contributed by atoms with Gasteiger partial charge in [0.15, 0.2) is 0 Å². The molecule has 3 rings (SSSR count). The van der Waals surface area contributed by atoms with Gasteiger partial charge in [-0.15, -0.1) is 0 Å². The number of carboxylic acids is 1. The van der Waals surface area contributed by atoms with Gasteiger partial charge >= 0.3 is 5.97 Å². The number of hydrogen-bond acceptors (Lipinski definition) is 2. The quantitative estimate of drug-likeness (QED) is 0.910. The van der Waals surface area contributed by atoms with Crippen molar-refractivity contribution in [2.75, 3.05) is 0 Å². The molecule has 0 saturated carbocycles. The fourth-order valence-corrected chi connectivity index (χ4v) is 2.90. The smallest absolute Gasteiger partial charge is 0.335 e. The number of allylic oxidation sites excluding steroid dienone is 1. The van der Waals surface area contributed by atoms with E-state index < -0.39 is 5.97 Å². The average molecular weight is 289 g/mol. The highest BCUT2D eigenvalue weighted by molar-refractivity contribution is 5.92. The Bertz CT molecular complexity index is 841. The van der Waals surface area contributed by atoms with Crippen LogP contribution in [0.15, 0.2) is 42.5 Å². The maximum atomic E-state index is 11.2. The van der Waals surface area contributed by atoms with Crippen molar-refractivity contribution in [3.05, 3.63) is 75.9 Å². The molecule has 1 N–H and O–H groups in total. The number of rotatable bonds is 2. The van der Waals surface area contributed by atoms with E-state index in [0.717, 1.165) is 40.7 Å². The fourth-order valence-electron chi connectivity index (χ4n) is 2.90. The van der Waals surface area contributed by atoms with Crippen LogP contribution in [0.25, 0.3) is 5.57 Å². The molecule has 0 fully saturated rings. The van der Waals surface area contributed by atoms with E-state index in [9.17, 15) is 9.90 Å². The number of benzene rings is 2. The largest absolute Gasteiger partial charge is 0.478 e. The first-order valence-corrected chi connectivity index (χ1v) is 7.18. The van der Waals surface area contributed by atoms with Crippen LogP contribution in [0, 0.1) is 18.3 Å². The second-order valence-corrected chi connectivity index (χ2v) is 5.48. The van der Waals surface area contributed by atoms with Crippen molar-refractivity contribution in [3.63, 3.8) is 0 Å². The third kappa shape index (κ3) is 2.40. The van der Waals surface area contributed by atoms with Crippen LogP contribution in [0.4, 0.5) is 0 Å². The maximum Gasteiger partial charge on any atom is 0.335 e. The van der Waals surface area contributed by atoms with Crippen LogP contribution in [0.5, 0.6) is 0 Å². The molecule has 2 aromatic rings. The van der Waals surface area contributed by atoms with Crippen LogP contribution < -0.4 is 0 Å². The van der Waals surface area contributed by atoms with E-state index in [1.54, 1.807) is 18.2 Å². The number of fused-ring (bicyclic) bond motifs is 1. The van der Waals surface area contributed by atoms with Gasteiger partial charge in [-0.05, 0) is 71.9 Å². The van der Waals surface area contributed by atoms with E-state index in [0.29, 0.717) is 11.1 Å². The topological polar surface area (TPSA) is 61.1 Å². The highest BCUT2D eigenvalue weighted by atomic mass is 16.4. The first-order chi connectivity index (χ1) is 10.6. The van der Waals surface area contributed by atoms with Crippen molar-refractivity contribution < 1.29 is 9.90 Å². The summed E-state index contributed by atoms with van der Waals surface area (Å²) in [5.41, 5.74) is 6.14. The minimum Gasteiger partial charge on any atom is -0.478 e. The molecule has 0 spiro atoms. The number of aryl methyl sites for hydroxylation is 2. The van der Waals surface area contributed by atoms with Crippen molar-refractivity contribution in [3.8, 4) is 6.07 Å². The molecule has 0 radical (unpaired) electrons. The molecular formula is C19H15NO2. The summed E-state index contributed by atoms with van der Waals surface area (Å²) in [4.78, 5) is 11.2. The van der Waals surface area contributed by atoms with Crippen molar-refractivity contribution in [1.82, 2.24) is 0 Å². The molecule has 0 atom stereocenters. The molecule has 0 bridgehead atoms. The summed E-state index contributed by atoms with van der Waals surface area (Å²) in [6, 6.07) is 13.1. The first-order valence-electron chi connectivity index (χ1n) is 7.18. The van der Waals surface area contributed by atoms with Crippen molar-refractivity contribution in [2.45, 2.75) is 19.8 Å². The Balaban J connectivity index is 2.19. The van der Waals surface area contributed by atoms with Gasteiger partial charge in [-0.2, -0.15) is 5.26 Å². The standard InChI is InChI=1S/C19H15NO2/c1-12-5-6-13(11-20)9-17(12)16-4-2-3-14-7-8-15(19(21)22)10-18(14)16/h4-10H,2-3H2,1H3,(H,21,22). The van der Waals surface area contributed by atoms with E-state index in [-0.39, 0.29) is 0 Å². The van der Waals surface area contributed by atoms with E-state index in [2.05, 4.69) is 12.1 Å². The Morgan fingerprint density at radius 2 is 2.00 bits per heavy atom. The Kier molecular flexibility index (Phi) is 3.52. The Labute approximate surface area is 129 Å². The lowest BCUT2D eigenvalue weighted by Crippen LogP contribution is -2.05. The lowest BCUT2D eigenvalue weighted by atomic mass is 9.84. The molecule has 0 amide bonds. The molecule has 3 nitrogen and oxygen atoms in total. The molecule has 2 aromatic carbocycles. The minimum absolute atomic E-state index is 0.292. The van der Waals surface area contributed by atoms with Gasteiger partial charge in [-0.1, -0.05) is 18.2 Å². The number of nitrogens with zero attached hydrogens (tertiary/aromatic N) is 1. The zero-order valence-electron chi connectivity index (χ0n) is 12.3. The third-order valence-corrected chi connectivity index (χ3v) is 4.07. The number of carbonyl (C=O) groups is 1. The van der Waals surface area contributed by atoms with E-state index in [4.69, 9.17) is 5.26 Å². The third-order valence-electron chi connectivity index (χ3n) is 4.07. The molecule has 0 unspecified atom stereocenters. The van der Waals surface area contributed by atoms with Gasteiger partial charge in [0.2, 0.25) is 0 Å². The lowest BCUT2D eigenvalue weighted by Gasteiger charge is -2.20. The molecule has 1 aliphatic carbocycles. The summed E-state index contributed by atoms with van der Waals surface area (Å²) in [6.45, 7) is 2.01. The SMILES string of the molecule is Cc1ccc(C#N)cc1C1=CCCc2ccc(C(=O)O)cc21. The normalized spacial score (nSPS) is 13.0. The van der Waals surface area contributed by atoms with Gasteiger partial charge in [-0.25, -0.2) is 4.79 Å². The van der Waals surface area contributed by atoms with Gasteiger partial charge < -0.3 is 5.11 Å². The van der Waals surface area contributed by atoms with Gasteiger partial charge in [-0.3, -0.25) is 0 Å². The maximum absolute atomic E-state index is 11.2. The summed E-state index contributed by atoms with van der Waals surface area (Å²) < 4.78 is 0. The fraction of sp³-hybridized carbons (Fsp3) is 0.158. The Hall–Kier alpha value is -2.86. The van der Waals surface area contributed by atoms with Gasteiger partial charge in [0.05, 0.1) is 17.2 Å². The molecule has 108 valence electrons. The van der Waals surface area contributed by atoms with Crippen LogP contribution in [0.1, 0.15) is 44.6 Å². The number of nitriles is 1. The second kappa shape index (κ2) is 5.50. The van der Waals surface area contributed by atoms with Gasteiger partial charge in [0.1, 0.15) is 0 Å². The highest BCUT2D eigenvalue weighted by Gasteiger charge is 2.18. The number of hydrogen-bond donors (Lipinski definition) is 1. The predicted molar refractivity (Wildman–Crippen MR) is 84.7 cm³/mol. The van der Waals surface area contributed by atoms with Crippen molar-refractivity contribution >= 4 is 11.5 Å². The number of aromatic carboxylic acids is 1. The van der Waals surface area contributed by atoms with E-state index >= 15 is 0 Å². The average Bonchev–Trinajstić information content (AvgIpc) is 2.54. The van der Waals surface area contributed by atoms with Crippen LogP contribution in [-0.2, 0) is 6.42 Å². The Morgan fingerprint density at radius 3 is 2.73 bits per heavy atom. The molecule has 22 heavy (non-hydrogen) atoms. The number of carboxylic acid groups (broad SMARTS) is 1. The summed E-state index contributed by atoms with van der Waals surface area (Å²) in [7, 11) is 0. The highest BCUT2D eigenvalue weighted by Crippen LogP contribution is 2.34. The summed E-state index contributed by atoms with van der Waals surface area (Å²) in [5.74, 6) is -0.921. The molecular weight excluding hydrogens is 274 g/mol. The summed E-state index contributed by atoms with van der Waals surface area (Å²) >= 11 is 0. The van der Waals surface area contributed by atoms with Crippen LogP contribution in [0.3, 0.4) is 0 Å². The monoisotopic (exact) mass is 289 g/mol. The van der Waals surface area contributed by atoms with E-state index in [1.165, 1.54) is 0 Å². The molecule has 0 aliphatic heterocycles. The molecule has 0 heterocycles. The van der Waals surface area contributed by atoms with E-state index in [1.807, 2.05) is 25.1 Å². The molecule has 1 aliphatic rings. The lowest BCUT2D eigenvalue weighted by molar-refractivity contribution is 0.0697. The molecule has 0 saturated heterocycles. The van der Waals surface area contributed by atoms with Crippen LogP contribution >= 0.6 is 0 Å². The zero-order valence-corrected chi connectivity index (χ0v) is 12.3. The van der Waals surface area contributed by atoms with Crippen molar-refractivity contribution in [2.24, 2.45) is 0 Å². The summed E-state index contributed by atoms with van der Waals surface area (Å²) in [6.07, 6.45) is 3.97. The van der Waals surface area contributed by atoms with Crippen LogP contribution in [-0.4, -0.2) is 11.1 Å². The second-order valence-electron chi connectivity index (χ2n) is 5.48. The molecule has 3 heteroatoms. The molecule has 0 aromatic heterocycles. The van der Waals surface area contributed by atoms with Gasteiger partial charge in [0, 0.05) is 0 Å². The minimum atomic E-state index is -0.921. The van der Waals surface area contributed by atoms with Crippen LogP contribution in [0.2, 0.25) is 0 Å². The summed E-state index contributed by atoms with van der Waals surface area (Å²) in [5, 5.41) is 18.3. The Morgan fingerprint density at radius 1 is 1.18 bits per heavy atom. The first kappa shape index (κ1) is 14.1. The van der Waals surface area contributed by atoms with Gasteiger partial charge in [0.25, 0.3) is 0 Å². The predicted octanol–water partition coefficient (Wildman–Crippen LogP) is 3.94.